The summed E-state index contributed by atoms with van der Waals surface area (Å²) < 4.78 is 2.57. The summed E-state index contributed by atoms with van der Waals surface area (Å²) in [5.41, 5.74) is 16.5. The molecule has 0 saturated heterocycles. The fraction of sp³-hybridized carbons (Fsp3) is 0.0169. The maximum absolute atomic E-state index is 5.44. The lowest BCUT2D eigenvalue weighted by Crippen LogP contribution is -2.29. The van der Waals surface area contributed by atoms with Crippen LogP contribution in [0.2, 0.25) is 0 Å². The third-order valence-electron chi connectivity index (χ3n) is 12.6. The summed E-state index contributed by atoms with van der Waals surface area (Å²) >= 11 is 1.86. The van der Waals surface area contributed by atoms with Gasteiger partial charge in [0.2, 0.25) is 0 Å². The van der Waals surface area contributed by atoms with Crippen molar-refractivity contribution < 1.29 is 0 Å². The summed E-state index contributed by atoms with van der Waals surface area (Å²) in [5.74, 6) is 0.691. The van der Waals surface area contributed by atoms with Crippen LogP contribution in [-0.2, 0) is 5.41 Å². The molecule has 9 aromatic carbocycles. The van der Waals surface area contributed by atoms with Crippen LogP contribution in [0.4, 0.5) is 0 Å². The summed E-state index contributed by atoms with van der Waals surface area (Å²) in [5, 5.41) is 2.57. The average Bonchev–Trinajstić information content (AvgIpc) is 3.89. The van der Waals surface area contributed by atoms with Crippen LogP contribution >= 0.6 is 11.3 Å². The van der Waals surface area contributed by atoms with Crippen molar-refractivity contribution in [2.75, 3.05) is 0 Å². The highest BCUT2D eigenvalue weighted by molar-refractivity contribution is 7.26. The molecule has 0 atom stereocenters. The number of nitrogens with zero attached hydrogens (tertiary/aromatic N) is 2. The SMILES string of the molecule is c1ccc(-c2nc(-c3ccccc3-c3cccc4c3C(c3ccccc3)(c3ccccc3)c3ccccc3-4)cc(-c3ccccc3-c3cccc4c3sc3ccccc34)n2)cc1. The number of thiophene rings is 1. The predicted molar refractivity (Wildman–Crippen MR) is 259 cm³/mol. The van der Waals surface area contributed by atoms with Crippen LogP contribution in [0.25, 0.3) is 87.5 Å². The minimum atomic E-state index is -0.559. The highest BCUT2D eigenvalue weighted by Gasteiger charge is 2.47. The average molecular weight is 807 g/mol. The largest absolute Gasteiger partial charge is 0.228 e. The van der Waals surface area contributed by atoms with Crippen LogP contribution in [0, 0.1) is 0 Å². The highest BCUT2D eigenvalue weighted by atomic mass is 32.1. The molecule has 2 heterocycles. The number of aromatic nitrogens is 2. The van der Waals surface area contributed by atoms with E-state index in [1.807, 2.05) is 17.4 Å². The molecule has 0 bridgehead atoms. The Bertz CT molecular complexity index is 3420. The molecule has 0 N–H and O–H groups in total. The van der Waals surface area contributed by atoms with Gasteiger partial charge in [-0.3, -0.25) is 0 Å². The number of fused-ring (bicyclic) bond motifs is 6. The Balaban J connectivity index is 1.11. The minimum absolute atomic E-state index is 0.559. The molecule has 1 aliphatic carbocycles. The van der Waals surface area contributed by atoms with Crippen LogP contribution in [-0.4, -0.2) is 9.97 Å². The van der Waals surface area contributed by atoms with Crippen molar-refractivity contribution in [1.29, 1.82) is 0 Å². The van der Waals surface area contributed by atoms with Gasteiger partial charge in [0.05, 0.1) is 16.8 Å². The maximum atomic E-state index is 5.44. The summed E-state index contributed by atoms with van der Waals surface area (Å²) in [7, 11) is 0. The second kappa shape index (κ2) is 14.8. The molecule has 0 saturated carbocycles. The molecule has 0 aliphatic heterocycles. The Hall–Kier alpha value is -7.72. The van der Waals surface area contributed by atoms with Gasteiger partial charge in [0.15, 0.2) is 5.82 Å². The molecule has 0 radical (unpaired) electrons. The lowest BCUT2D eigenvalue weighted by atomic mass is 9.66. The second-order valence-corrected chi connectivity index (χ2v) is 17.0. The van der Waals surface area contributed by atoms with Crippen molar-refractivity contribution in [1.82, 2.24) is 9.97 Å². The number of benzene rings is 9. The molecule has 0 unspecified atom stereocenters. The molecule has 290 valence electrons. The molecule has 0 spiro atoms. The summed E-state index contributed by atoms with van der Waals surface area (Å²) in [4.78, 5) is 10.8. The quantitative estimate of drug-likeness (QED) is 0.160. The lowest BCUT2D eigenvalue weighted by Gasteiger charge is -2.35. The zero-order valence-corrected chi connectivity index (χ0v) is 34.6. The first-order valence-corrected chi connectivity index (χ1v) is 22.0. The molecule has 3 heteroatoms. The van der Waals surface area contributed by atoms with Crippen LogP contribution in [0.15, 0.2) is 231 Å². The molecular formula is C59H38N2S. The van der Waals surface area contributed by atoms with E-state index in [9.17, 15) is 0 Å². The van der Waals surface area contributed by atoms with Gasteiger partial charge in [0.25, 0.3) is 0 Å². The Kier molecular flexibility index (Phi) is 8.62. The number of hydrogen-bond acceptors (Lipinski definition) is 3. The molecule has 1 aliphatic rings. The molecule has 2 aromatic heterocycles. The van der Waals surface area contributed by atoms with E-state index in [0.717, 1.165) is 39.2 Å². The first kappa shape index (κ1) is 36.2. The van der Waals surface area contributed by atoms with Crippen LogP contribution in [0.5, 0.6) is 0 Å². The van der Waals surface area contributed by atoms with Gasteiger partial charge in [-0.2, -0.15) is 0 Å². The Labute approximate surface area is 365 Å². The molecule has 62 heavy (non-hydrogen) atoms. The van der Waals surface area contributed by atoms with Crippen molar-refractivity contribution in [3.63, 3.8) is 0 Å². The van der Waals surface area contributed by atoms with E-state index in [0.29, 0.717) is 5.82 Å². The topological polar surface area (TPSA) is 25.8 Å². The van der Waals surface area contributed by atoms with Gasteiger partial charge in [-0.15, -0.1) is 11.3 Å². The molecule has 2 nitrogen and oxygen atoms in total. The minimum Gasteiger partial charge on any atom is -0.228 e. The maximum Gasteiger partial charge on any atom is 0.160 e. The molecule has 12 rings (SSSR count). The monoisotopic (exact) mass is 806 g/mol. The van der Waals surface area contributed by atoms with Gasteiger partial charge in [-0.05, 0) is 62.2 Å². The van der Waals surface area contributed by atoms with Crippen molar-refractivity contribution in [3.05, 3.63) is 253 Å². The molecule has 0 amide bonds. The fourth-order valence-electron chi connectivity index (χ4n) is 10.0. The summed E-state index contributed by atoms with van der Waals surface area (Å²) in [6, 6.07) is 83.4. The van der Waals surface area contributed by atoms with E-state index in [4.69, 9.17) is 9.97 Å². The van der Waals surface area contributed by atoms with Gasteiger partial charge < -0.3 is 0 Å². The standard InChI is InChI=1S/C59H38N2S/c1-4-20-39(21-5-1)58-60-53(38-54(61-58)46-30-13-11-27-43(46)50-34-19-35-51-47-31-15-17-37-55(47)62-57(50)51)45-29-12-10-26-42(45)48-32-18-33-49-44-28-14-16-36-52(44)59(56(48)49,40-22-6-2-7-23-40)41-24-8-3-9-25-41/h1-38H. The van der Waals surface area contributed by atoms with Crippen molar-refractivity contribution in [2.24, 2.45) is 0 Å². The van der Waals surface area contributed by atoms with Gasteiger partial charge in [0.1, 0.15) is 0 Å². The molecule has 0 fully saturated rings. The first-order valence-electron chi connectivity index (χ1n) is 21.2. The van der Waals surface area contributed by atoms with Crippen molar-refractivity contribution in [2.45, 2.75) is 5.41 Å². The lowest BCUT2D eigenvalue weighted by molar-refractivity contribution is 0.770. The van der Waals surface area contributed by atoms with Crippen LogP contribution < -0.4 is 0 Å². The zero-order chi connectivity index (χ0) is 41.0. The molecular weight excluding hydrogens is 769 g/mol. The normalized spacial score (nSPS) is 12.6. The Morgan fingerprint density at radius 2 is 0.790 bits per heavy atom. The van der Waals surface area contributed by atoms with E-state index >= 15 is 0 Å². The zero-order valence-electron chi connectivity index (χ0n) is 33.7. The first-order chi connectivity index (χ1) is 30.8. The van der Waals surface area contributed by atoms with Gasteiger partial charge in [0, 0.05) is 42.4 Å². The summed E-state index contributed by atoms with van der Waals surface area (Å²) in [6.45, 7) is 0. The van der Waals surface area contributed by atoms with Crippen molar-refractivity contribution >= 4 is 31.5 Å². The highest BCUT2D eigenvalue weighted by Crippen LogP contribution is 2.59. The van der Waals surface area contributed by atoms with Crippen LogP contribution in [0.1, 0.15) is 22.3 Å². The van der Waals surface area contributed by atoms with Crippen LogP contribution in [0.3, 0.4) is 0 Å². The van der Waals surface area contributed by atoms with E-state index in [-0.39, 0.29) is 0 Å². The van der Waals surface area contributed by atoms with Gasteiger partial charge in [-0.1, -0.05) is 218 Å². The van der Waals surface area contributed by atoms with Gasteiger partial charge >= 0.3 is 0 Å². The predicted octanol–water partition coefficient (Wildman–Crippen LogP) is 15.5. The fourth-order valence-corrected chi connectivity index (χ4v) is 11.2. The number of rotatable bonds is 7. The Morgan fingerprint density at radius 3 is 1.45 bits per heavy atom. The number of hydrogen-bond donors (Lipinski definition) is 0. The smallest absolute Gasteiger partial charge is 0.160 e. The summed E-state index contributed by atoms with van der Waals surface area (Å²) in [6.07, 6.45) is 0. The van der Waals surface area contributed by atoms with E-state index in [2.05, 4.69) is 224 Å². The van der Waals surface area contributed by atoms with Gasteiger partial charge in [-0.25, -0.2) is 9.97 Å². The third kappa shape index (κ3) is 5.63. The third-order valence-corrected chi connectivity index (χ3v) is 13.8. The second-order valence-electron chi connectivity index (χ2n) is 16.0. The van der Waals surface area contributed by atoms with Crippen molar-refractivity contribution in [3.8, 4) is 67.3 Å². The van der Waals surface area contributed by atoms with E-state index in [1.54, 1.807) is 0 Å². The molecule has 11 aromatic rings. The van der Waals surface area contributed by atoms with E-state index in [1.165, 1.54) is 64.7 Å². The Morgan fingerprint density at radius 1 is 0.339 bits per heavy atom. The van der Waals surface area contributed by atoms with E-state index < -0.39 is 5.41 Å².